The molecule has 0 bridgehead atoms. The SMILES string of the molecule is O=C(OC[C@H]1O[C@H](Cl)C[C@@H]1F)c1ccc(-c2ccccc2)cc1. The van der Waals surface area contributed by atoms with Crippen LogP contribution < -0.4 is 0 Å². The molecule has 1 fully saturated rings. The fourth-order valence-electron chi connectivity index (χ4n) is 2.47. The first-order valence-corrected chi connectivity index (χ1v) is 7.83. The van der Waals surface area contributed by atoms with E-state index in [0.29, 0.717) is 5.56 Å². The van der Waals surface area contributed by atoms with Crippen molar-refractivity contribution >= 4 is 17.6 Å². The van der Waals surface area contributed by atoms with Crippen molar-refractivity contribution < 1.29 is 18.7 Å². The van der Waals surface area contributed by atoms with Gasteiger partial charge in [-0.25, -0.2) is 9.18 Å². The molecule has 0 radical (unpaired) electrons. The molecular weight excluding hydrogens is 319 g/mol. The van der Waals surface area contributed by atoms with Crippen LogP contribution in [0.25, 0.3) is 11.1 Å². The summed E-state index contributed by atoms with van der Waals surface area (Å²) in [4.78, 5) is 12.0. The standard InChI is InChI=1S/C18H16ClFO3/c19-17-10-15(20)16(23-17)11-22-18(21)14-8-6-13(7-9-14)12-4-2-1-3-5-12/h1-9,15-17H,10-11H2/t15-,16+,17-/m0/s1. The summed E-state index contributed by atoms with van der Waals surface area (Å²) in [7, 11) is 0. The number of rotatable bonds is 4. The molecule has 3 atom stereocenters. The van der Waals surface area contributed by atoms with E-state index in [9.17, 15) is 9.18 Å². The minimum atomic E-state index is -1.20. The second-order valence-electron chi connectivity index (χ2n) is 5.38. The molecule has 0 spiro atoms. The number of carbonyl (C=O) groups is 1. The first-order valence-electron chi connectivity index (χ1n) is 7.39. The lowest BCUT2D eigenvalue weighted by atomic mass is 10.0. The zero-order valence-corrected chi connectivity index (χ0v) is 13.1. The molecule has 5 heteroatoms. The van der Waals surface area contributed by atoms with E-state index in [0.717, 1.165) is 11.1 Å². The van der Waals surface area contributed by atoms with Gasteiger partial charge in [-0.3, -0.25) is 0 Å². The normalized spacial score (nSPS) is 23.7. The highest BCUT2D eigenvalue weighted by atomic mass is 35.5. The number of ether oxygens (including phenoxy) is 2. The van der Waals surface area contributed by atoms with Gasteiger partial charge in [-0.05, 0) is 23.3 Å². The highest BCUT2D eigenvalue weighted by molar-refractivity contribution is 6.19. The summed E-state index contributed by atoms with van der Waals surface area (Å²) in [6.45, 7) is -0.135. The maximum Gasteiger partial charge on any atom is 0.338 e. The van der Waals surface area contributed by atoms with E-state index in [1.54, 1.807) is 12.1 Å². The van der Waals surface area contributed by atoms with Crippen molar-refractivity contribution in [2.24, 2.45) is 0 Å². The van der Waals surface area contributed by atoms with Crippen LogP contribution in [0.15, 0.2) is 54.6 Å². The molecule has 0 aromatic heterocycles. The molecule has 2 aromatic rings. The zero-order chi connectivity index (χ0) is 16.2. The fraction of sp³-hybridized carbons (Fsp3) is 0.278. The number of halogens is 2. The number of alkyl halides is 2. The fourth-order valence-corrected chi connectivity index (χ4v) is 2.78. The molecule has 0 amide bonds. The number of carbonyl (C=O) groups excluding carboxylic acids is 1. The Morgan fingerprint density at radius 1 is 1.13 bits per heavy atom. The molecule has 1 aliphatic rings. The summed E-state index contributed by atoms with van der Waals surface area (Å²) in [5, 5.41) is 0. The van der Waals surface area contributed by atoms with E-state index in [1.807, 2.05) is 42.5 Å². The topological polar surface area (TPSA) is 35.5 Å². The molecule has 3 nitrogen and oxygen atoms in total. The quantitative estimate of drug-likeness (QED) is 0.621. The predicted molar refractivity (Wildman–Crippen MR) is 86.2 cm³/mol. The van der Waals surface area contributed by atoms with Gasteiger partial charge in [-0.2, -0.15) is 0 Å². The molecule has 3 rings (SSSR count). The van der Waals surface area contributed by atoms with Crippen LogP contribution in [-0.2, 0) is 9.47 Å². The summed E-state index contributed by atoms with van der Waals surface area (Å²) >= 11 is 5.71. The van der Waals surface area contributed by atoms with Crippen LogP contribution in [0.4, 0.5) is 4.39 Å². The van der Waals surface area contributed by atoms with Crippen LogP contribution in [0.2, 0.25) is 0 Å². The number of esters is 1. The molecule has 0 saturated carbocycles. The van der Waals surface area contributed by atoms with E-state index >= 15 is 0 Å². The third-order valence-corrected chi connectivity index (χ3v) is 4.02. The predicted octanol–water partition coefficient (Wildman–Crippen LogP) is 4.20. The van der Waals surface area contributed by atoms with Gasteiger partial charge in [0.05, 0.1) is 5.56 Å². The largest absolute Gasteiger partial charge is 0.459 e. The van der Waals surface area contributed by atoms with E-state index in [1.165, 1.54) is 0 Å². The molecule has 0 unspecified atom stereocenters. The van der Waals surface area contributed by atoms with Crippen molar-refractivity contribution in [2.75, 3.05) is 6.61 Å². The van der Waals surface area contributed by atoms with E-state index in [2.05, 4.69) is 0 Å². The Hall–Kier alpha value is -1.91. The van der Waals surface area contributed by atoms with E-state index in [4.69, 9.17) is 21.1 Å². The van der Waals surface area contributed by atoms with Gasteiger partial charge in [0.1, 0.15) is 24.4 Å². The van der Waals surface area contributed by atoms with Gasteiger partial charge >= 0.3 is 5.97 Å². The Bertz CT molecular complexity index is 660. The monoisotopic (exact) mass is 334 g/mol. The third-order valence-electron chi connectivity index (χ3n) is 3.74. The Labute approximate surface area is 139 Å². The van der Waals surface area contributed by atoms with Crippen LogP contribution in [-0.4, -0.2) is 30.4 Å². The van der Waals surface area contributed by atoms with Gasteiger partial charge in [0, 0.05) is 6.42 Å². The first-order chi connectivity index (χ1) is 11.1. The summed E-state index contributed by atoms with van der Waals surface area (Å²) < 4.78 is 23.8. The van der Waals surface area contributed by atoms with Crippen LogP contribution in [0.3, 0.4) is 0 Å². The summed E-state index contributed by atoms with van der Waals surface area (Å²) in [6.07, 6.45) is -1.87. The van der Waals surface area contributed by atoms with Crippen molar-refractivity contribution in [3.63, 3.8) is 0 Å². The Morgan fingerprint density at radius 2 is 1.78 bits per heavy atom. The van der Waals surface area contributed by atoms with Gasteiger partial charge in [0.25, 0.3) is 0 Å². The average molecular weight is 335 g/mol. The van der Waals surface area contributed by atoms with E-state index < -0.39 is 23.8 Å². The molecular formula is C18H16ClFO3. The second kappa shape index (κ2) is 7.11. The van der Waals surface area contributed by atoms with Crippen LogP contribution >= 0.6 is 11.6 Å². The maximum atomic E-state index is 13.5. The van der Waals surface area contributed by atoms with Crippen molar-refractivity contribution in [1.29, 1.82) is 0 Å². The zero-order valence-electron chi connectivity index (χ0n) is 12.3. The highest BCUT2D eigenvalue weighted by Gasteiger charge is 2.35. The molecule has 0 aliphatic carbocycles. The van der Waals surface area contributed by atoms with Crippen molar-refractivity contribution in [2.45, 2.75) is 24.3 Å². The average Bonchev–Trinajstić information content (AvgIpc) is 2.91. The minimum Gasteiger partial charge on any atom is -0.459 e. The maximum absolute atomic E-state index is 13.5. The van der Waals surface area contributed by atoms with Crippen LogP contribution in [0, 0.1) is 0 Å². The Kier molecular flexibility index (Phi) is 4.94. The Balaban J connectivity index is 1.60. The lowest BCUT2D eigenvalue weighted by molar-refractivity contribution is -0.00484. The van der Waals surface area contributed by atoms with E-state index in [-0.39, 0.29) is 13.0 Å². The highest BCUT2D eigenvalue weighted by Crippen LogP contribution is 2.26. The molecule has 0 N–H and O–H groups in total. The molecule has 1 saturated heterocycles. The first kappa shape index (κ1) is 16.0. The van der Waals surface area contributed by atoms with Crippen molar-refractivity contribution in [3.05, 3.63) is 60.2 Å². The third kappa shape index (κ3) is 3.89. The summed E-state index contributed by atoms with van der Waals surface area (Å²) in [5.41, 5.74) is 1.84. The molecule has 1 heterocycles. The van der Waals surface area contributed by atoms with Gasteiger partial charge < -0.3 is 9.47 Å². The molecule has 2 aromatic carbocycles. The van der Waals surface area contributed by atoms with Crippen LogP contribution in [0.1, 0.15) is 16.8 Å². The number of hydrogen-bond donors (Lipinski definition) is 0. The molecule has 1 aliphatic heterocycles. The number of hydrogen-bond acceptors (Lipinski definition) is 3. The smallest absolute Gasteiger partial charge is 0.338 e. The van der Waals surface area contributed by atoms with Crippen molar-refractivity contribution in [1.82, 2.24) is 0 Å². The second-order valence-corrected chi connectivity index (χ2v) is 5.86. The summed E-state index contributed by atoms with van der Waals surface area (Å²) in [5.74, 6) is -0.501. The van der Waals surface area contributed by atoms with Gasteiger partial charge in [0.15, 0.2) is 0 Å². The summed E-state index contributed by atoms with van der Waals surface area (Å²) in [6, 6.07) is 16.9. The molecule has 120 valence electrons. The Morgan fingerprint density at radius 3 is 2.39 bits per heavy atom. The van der Waals surface area contributed by atoms with Gasteiger partial charge in [-0.15, -0.1) is 0 Å². The number of benzene rings is 2. The van der Waals surface area contributed by atoms with Gasteiger partial charge in [0.2, 0.25) is 0 Å². The lowest BCUT2D eigenvalue weighted by Crippen LogP contribution is -2.25. The van der Waals surface area contributed by atoms with Crippen molar-refractivity contribution in [3.8, 4) is 11.1 Å². The molecule has 23 heavy (non-hydrogen) atoms. The van der Waals surface area contributed by atoms with Gasteiger partial charge in [-0.1, -0.05) is 54.1 Å². The minimum absolute atomic E-state index is 0.121. The van der Waals surface area contributed by atoms with Crippen LogP contribution in [0.5, 0.6) is 0 Å². The lowest BCUT2D eigenvalue weighted by Gasteiger charge is -2.13.